The number of carbonyl (C=O) groups is 1. The molecule has 0 atom stereocenters. The van der Waals surface area contributed by atoms with E-state index in [-0.39, 0.29) is 5.91 Å². The summed E-state index contributed by atoms with van der Waals surface area (Å²) in [4.78, 5) is 11.5. The summed E-state index contributed by atoms with van der Waals surface area (Å²) in [5.41, 5.74) is 1.84. The lowest BCUT2D eigenvalue weighted by atomic mass is 10.1. The summed E-state index contributed by atoms with van der Waals surface area (Å²) < 4.78 is 1.82. The van der Waals surface area contributed by atoms with Crippen molar-refractivity contribution < 1.29 is 4.79 Å². The molecule has 2 aromatic rings. The first kappa shape index (κ1) is 12.1. The summed E-state index contributed by atoms with van der Waals surface area (Å²) in [5, 5.41) is 7.02. The van der Waals surface area contributed by atoms with Crippen molar-refractivity contribution in [3.63, 3.8) is 0 Å². The maximum Gasteiger partial charge on any atom is 0.248 e. The molecule has 1 aromatic carbocycles. The van der Waals surface area contributed by atoms with Crippen LogP contribution in [0.1, 0.15) is 12.5 Å². The Bertz CT molecular complexity index is 544. The third-order valence-corrected chi connectivity index (χ3v) is 2.48. The predicted octanol–water partition coefficient (Wildman–Crippen LogP) is 2.45. The van der Waals surface area contributed by atoms with Gasteiger partial charge in [-0.2, -0.15) is 5.10 Å². The van der Waals surface area contributed by atoms with Crippen molar-refractivity contribution in [3.8, 4) is 0 Å². The number of allylic oxidation sites excluding steroid dienone is 1. The Morgan fingerprint density at radius 1 is 1.39 bits per heavy atom. The minimum atomic E-state index is -0.120. The summed E-state index contributed by atoms with van der Waals surface area (Å²) in [6, 6.07) is 9.59. The number of para-hydroxylation sites is 1. The topological polar surface area (TPSA) is 46.9 Å². The molecule has 2 rings (SSSR count). The van der Waals surface area contributed by atoms with Gasteiger partial charge in [-0.15, -0.1) is 0 Å². The van der Waals surface area contributed by atoms with Gasteiger partial charge in [-0.05, 0) is 30.7 Å². The Hall–Kier alpha value is -2.36. The zero-order chi connectivity index (χ0) is 12.8. The second-order valence-electron chi connectivity index (χ2n) is 3.85. The molecule has 0 unspecified atom stereocenters. The van der Waals surface area contributed by atoms with E-state index in [1.54, 1.807) is 12.3 Å². The van der Waals surface area contributed by atoms with E-state index in [2.05, 4.69) is 10.4 Å². The quantitative estimate of drug-likeness (QED) is 0.836. The van der Waals surface area contributed by atoms with E-state index >= 15 is 0 Å². The van der Waals surface area contributed by atoms with Crippen molar-refractivity contribution in [1.29, 1.82) is 0 Å². The summed E-state index contributed by atoms with van der Waals surface area (Å²) in [7, 11) is 0. The number of nitrogens with one attached hydrogen (secondary N) is 1. The summed E-state index contributed by atoms with van der Waals surface area (Å²) in [6.45, 7) is 2.45. The van der Waals surface area contributed by atoms with Crippen molar-refractivity contribution >= 4 is 11.6 Å². The minimum absolute atomic E-state index is 0.120. The molecule has 0 saturated carbocycles. The van der Waals surface area contributed by atoms with Crippen LogP contribution in [0.2, 0.25) is 0 Å². The van der Waals surface area contributed by atoms with Gasteiger partial charge >= 0.3 is 0 Å². The smallest absolute Gasteiger partial charge is 0.248 e. The zero-order valence-electron chi connectivity index (χ0n) is 10.2. The second-order valence-corrected chi connectivity index (χ2v) is 3.85. The van der Waals surface area contributed by atoms with E-state index in [4.69, 9.17) is 0 Å². The first-order chi connectivity index (χ1) is 8.79. The zero-order valence-corrected chi connectivity index (χ0v) is 10.2. The van der Waals surface area contributed by atoms with Crippen molar-refractivity contribution in [3.05, 3.63) is 60.4 Å². The Labute approximate surface area is 106 Å². The molecule has 4 nitrogen and oxygen atoms in total. The maximum atomic E-state index is 11.5. The van der Waals surface area contributed by atoms with Crippen LogP contribution >= 0.6 is 0 Å². The van der Waals surface area contributed by atoms with Crippen molar-refractivity contribution in [2.75, 3.05) is 5.32 Å². The fourth-order valence-corrected chi connectivity index (χ4v) is 1.67. The van der Waals surface area contributed by atoms with Crippen LogP contribution in [0.25, 0.3) is 0 Å². The molecule has 1 N–H and O–H groups in total. The van der Waals surface area contributed by atoms with Crippen molar-refractivity contribution in [1.82, 2.24) is 9.78 Å². The number of hydrogen-bond donors (Lipinski definition) is 1. The summed E-state index contributed by atoms with van der Waals surface area (Å²) in [5.74, 6) is -0.120. The Morgan fingerprint density at radius 2 is 2.22 bits per heavy atom. The Morgan fingerprint density at radius 3 is 2.94 bits per heavy atom. The Balaban J connectivity index is 2.17. The molecular weight excluding hydrogens is 226 g/mol. The van der Waals surface area contributed by atoms with E-state index in [0.29, 0.717) is 6.54 Å². The van der Waals surface area contributed by atoms with Gasteiger partial charge in [0.25, 0.3) is 0 Å². The van der Waals surface area contributed by atoms with Gasteiger partial charge in [0.1, 0.15) is 0 Å². The van der Waals surface area contributed by atoms with Crippen LogP contribution in [0.5, 0.6) is 0 Å². The molecule has 0 fully saturated rings. The largest absolute Gasteiger partial charge is 0.322 e. The lowest BCUT2D eigenvalue weighted by Gasteiger charge is -2.09. The standard InChI is InChI=1S/C14H15N3O/c1-2-6-14(18)16-13-8-4-3-7-12(13)11-17-10-5-9-15-17/h2-10H,11H2,1H3,(H,16,18). The monoisotopic (exact) mass is 241 g/mol. The first-order valence-corrected chi connectivity index (χ1v) is 5.78. The molecule has 0 saturated heterocycles. The predicted molar refractivity (Wildman–Crippen MR) is 71.2 cm³/mol. The highest BCUT2D eigenvalue weighted by Crippen LogP contribution is 2.16. The normalized spacial score (nSPS) is 10.7. The van der Waals surface area contributed by atoms with Gasteiger partial charge in [0, 0.05) is 18.1 Å². The molecule has 0 spiro atoms. The van der Waals surface area contributed by atoms with E-state index in [9.17, 15) is 4.79 Å². The molecule has 0 aliphatic heterocycles. The number of benzene rings is 1. The van der Waals surface area contributed by atoms with Crippen LogP contribution in [-0.2, 0) is 11.3 Å². The Kier molecular flexibility index (Phi) is 3.91. The number of rotatable bonds is 4. The van der Waals surface area contributed by atoms with Gasteiger partial charge in [0.05, 0.1) is 6.54 Å². The number of nitrogens with zero attached hydrogens (tertiary/aromatic N) is 2. The van der Waals surface area contributed by atoms with Crippen molar-refractivity contribution in [2.24, 2.45) is 0 Å². The SMILES string of the molecule is CC=CC(=O)Nc1ccccc1Cn1cccn1. The first-order valence-electron chi connectivity index (χ1n) is 5.78. The maximum absolute atomic E-state index is 11.5. The van der Waals surface area contributed by atoms with Crippen LogP contribution in [-0.4, -0.2) is 15.7 Å². The van der Waals surface area contributed by atoms with Gasteiger partial charge in [0.2, 0.25) is 5.91 Å². The molecule has 0 radical (unpaired) electrons. The fourth-order valence-electron chi connectivity index (χ4n) is 1.67. The number of anilines is 1. The van der Waals surface area contributed by atoms with Gasteiger partial charge in [-0.3, -0.25) is 9.48 Å². The minimum Gasteiger partial charge on any atom is -0.322 e. The molecule has 1 heterocycles. The van der Waals surface area contributed by atoms with Crippen LogP contribution in [0.3, 0.4) is 0 Å². The summed E-state index contributed by atoms with van der Waals surface area (Å²) >= 11 is 0. The third-order valence-electron chi connectivity index (χ3n) is 2.48. The third kappa shape index (κ3) is 3.07. The molecular formula is C14H15N3O. The molecule has 0 aliphatic carbocycles. The lowest BCUT2D eigenvalue weighted by molar-refractivity contribution is -0.111. The highest BCUT2D eigenvalue weighted by Gasteiger charge is 2.04. The van der Waals surface area contributed by atoms with Crippen LogP contribution in [0.4, 0.5) is 5.69 Å². The molecule has 18 heavy (non-hydrogen) atoms. The lowest BCUT2D eigenvalue weighted by Crippen LogP contribution is -2.11. The van der Waals surface area contributed by atoms with Crippen LogP contribution in [0, 0.1) is 0 Å². The highest BCUT2D eigenvalue weighted by atomic mass is 16.1. The van der Waals surface area contributed by atoms with Gasteiger partial charge in [-0.25, -0.2) is 0 Å². The van der Waals surface area contributed by atoms with Crippen LogP contribution < -0.4 is 5.32 Å². The molecule has 0 aliphatic rings. The fraction of sp³-hybridized carbons (Fsp3) is 0.143. The van der Waals surface area contributed by atoms with Gasteiger partial charge < -0.3 is 5.32 Å². The molecule has 92 valence electrons. The average molecular weight is 241 g/mol. The highest BCUT2D eigenvalue weighted by molar-refractivity contribution is 5.99. The second kappa shape index (κ2) is 5.82. The van der Waals surface area contributed by atoms with E-state index in [0.717, 1.165) is 11.3 Å². The average Bonchev–Trinajstić information content (AvgIpc) is 2.85. The molecule has 1 amide bonds. The number of aromatic nitrogens is 2. The summed E-state index contributed by atoms with van der Waals surface area (Å²) in [6.07, 6.45) is 6.85. The van der Waals surface area contributed by atoms with E-state index in [1.165, 1.54) is 6.08 Å². The molecule has 0 bridgehead atoms. The molecule has 4 heteroatoms. The van der Waals surface area contributed by atoms with E-state index < -0.39 is 0 Å². The van der Waals surface area contributed by atoms with Gasteiger partial charge in [-0.1, -0.05) is 24.3 Å². The number of hydrogen-bond acceptors (Lipinski definition) is 2. The number of amides is 1. The number of carbonyl (C=O) groups excluding carboxylic acids is 1. The van der Waals surface area contributed by atoms with Gasteiger partial charge in [0.15, 0.2) is 0 Å². The molecule has 1 aromatic heterocycles. The van der Waals surface area contributed by atoms with Crippen LogP contribution in [0.15, 0.2) is 54.9 Å². The van der Waals surface area contributed by atoms with E-state index in [1.807, 2.05) is 48.1 Å². The van der Waals surface area contributed by atoms with Crippen molar-refractivity contribution in [2.45, 2.75) is 13.5 Å².